The second kappa shape index (κ2) is 9.84. The van der Waals surface area contributed by atoms with Gasteiger partial charge >= 0.3 is 0 Å². The lowest BCUT2D eigenvalue weighted by Crippen LogP contribution is -2.39. The quantitative estimate of drug-likeness (QED) is 0.436. The summed E-state index contributed by atoms with van der Waals surface area (Å²) < 4.78 is 27.3. The van der Waals surface area contributed by atoms with Crippen LogP contribution in [0.1, 0.15) is 67.1 Å². The average molecular weight is 515 g/mol. The second-order valence-electron chi connectivity index (χ2n) is 10.7. The number of aromatic nitrogens is 1. The number of anilines is 3. The van der Waals surface area contributed by atoms with Crippen LogP contribution in [0.4, 0.5) is 26.0 Å². The summed E-state index contributed by atoms with van der Waals surface area (Å²) in [6, 6.07) is 7.86. The number of thioether (sulfide) groups is 1. The predicted molar refractivity (Wildman–Crippen MR) is 144 cm³/mol. The highest BCUT2D eigenvalue weighted by Gasteiger charge is 2.44. The van der Waals surface area contributed by atoms with E-state index in [9.17, 15) is 13.6 Å². The van der Waals surface area contributed by atoms with E-state index < -0.39 is 5.92 Å². The Hall–Kier alpha value is -2.35. The number of halogens is 2. The van der Waals surface area contributed by atoms with E-state index in [4.69, 9.17) is 0 Å². The molecule has 36 heavy (non-hydrogen) atoms. The summed E-state index contributed by atoms with van der Waals surface area (Å²) >= 11 is 1.81. The van der Waals surface area contributed by atoms with Crippen LogP contribution in [0, 0.1) is 19.3 Å². The summed E-state index contributed by atoms with van der Waals surface area (Å²) in [5.41, 5.74) is 4.76. The largest absolute Gasteiger partial charge is 0.371 e. The van der Waals surface area contributed by atoms with Gasteiger partial charge in [-0.3, -0.25) is 4.79 Å². The number of hydrogen-bond donors (Lipinski definition) is 1. The summed E-state index contributed by atoms with van der Waals surface area (Å²) in [4.78, 5) is 23.7. The molecule has 1 spiro atoms. The van der Waals surface area contributed by atoms with Gasteiger partial charge in [-0.2, -0.15) is 0 Å². The van der Waals surface area contributed by atoms with E-state index in [-0.39, 0.29) is 31.8 Å². The molecule has 2 aliphatic heterocycles. The van der Waals surface area contributed by atoms with E-state index in [1.54, 1.807) is 6.07 Å². The van der Waals surface area contributed by atoms with Crippen molar-refractivity contribution in [3.63, 3.8) is 0 Å². The van der Waals surface area contributed by atoms with Crippen LogP contribution in [-0.4, -0.2) is 48.7 Å². The number of nitrogens with zero attached hydrogens (tertiary/aromatic N) is 3. The SMILES string of the molecule is CCSc1cc(N2CCC3(CC2)CC3)c(C(=O)Nc2cc(C)nc(N3CCC(F)(F)CC3)c2)cc1C. The first kappa shape index (κ1) is 25.3. The Balaban J connectivity index is 1.39. The first-order valence-electron chi connectivity index (χ1n) is 13.1. The van der Waals surface area contributed by atoms with Crippen LogP contribution in [0.15, 0.2) is 29.2 Å². The Morgan fingerprint density at radius 1 is 0.972 bits per heavy atom. The molecule has 2 saturated heterocycles. The molecule has 3 fully saturated rings. The zero-order chi connectivity index (χ0) is 25.5. The van der Waals surface area contributed by atoms with Crippen LogP contribution in [-0.2, 0) is 0 Å². The van der Waals surface area contributed by atoms with Gasteiger partial charge in [0.05, 0.1) is 11.3 Å². The number of carbonyl (C=O) groups excluding carboxylic acids is 1. The summed E-state index contributed by atoms with van der Waals surface area (Å²) in [5, 5.41) is 3.09. The average Bonchev–Trinajstić information content (AvgIpc) is 3.59. The summed E-state index contributed by atoms with van der Waals surface area (Å²) in [6.07, 6.45) is 4.73. The molecule has 2 aromatic rings. The zero-order valence-electron chi connectivity index (χ0n) is 21.5. The molecule has 1 N–H and O–H groups in total. The van der Waals surface area contributed by atoms with Crippen molar-refractivity contribution in [2.45, 2.75) is 70.1 Å². The van der Waals surface area contributed by atoms with Crippen LogP contribution < -0.4 is 15.1 Å². The Kier molecular flexibility index (Phi) is 6.92. The molecule has 0 atom stereocenters. The van der Waals surface area contributed by atoms with Crippen molar-refractivity contribution in [3.8, 4) is 0 Å². The van der Waals surface area contributed by atoms with Crippen molar-refractivity contribution in [1.82, 2.24) is 4.98 Å². The highest BCUT2D eigenvalue weighted by molar-refractivity contribution is 7.99. The fourth-order valence-electron chi connectivity index (χ4n) is 5.48. The van der Waals surface area contributed by atoms with Gasteiger partial charge in [-0.25, -0.2) is 13.8 Å². The number of alkyl halides is 2. The van der Waals surface area contributed by atoms with Crippen LogP contribution in [0.2, 0.25) is 0 Å². The third kappa shape index (κ3) is 5.48. The van der Waals surface area contributed by atoms with Crippen molar-refractivity contribution in [3.05, 3.63) is 41.1 Å². The molecule has 0 unspecified atom stereocenters. The molecule has 8 heteroatoms. The minimum Gasteiger partial charge on any atom is -0.371 e. The van der Waals surface area contributed by atoms with Gasteiger partial charge in [-0.05, 0) is 74.5 Å². The van der Waals surface area contributed by atoms with Gasteiger partial charge < -0.3 is 15.1 Å². The number of hydrogen-bond acceptors (Lipinski definition) is 5. The number of amides is 1. The number of aryl methyl sites for hydroxylation is 2. The number of carbonyl (C=O) groups is 1. The van der Waals surface area contributed by atoms with Crippen molar-refractivity contribution in [1.29, 1.82) is 0 Å². The zero-order valence-corrected chi connectivity index (χ0v) is 22.3. The fourth-order valence-corrected chi connectivity index (χ4v) is 6.27. The van der Waals surface area contributed by atoms with E-state index in [2.05, 4.69) is 35.1 Å². The molecule has 1 aliphatic carbocycles. The van der Waals surface area contributed by atoms with Crippen molar-refractivity contribution in [2.24, 2.45) is 5.41 Å². The van der Waals surface area contributed by atoms with Gasteiger partial charge in [-0.1, -0.05) is 6.92 Å². The van der Waals surface area contributed by atoms with Crippen molar-refractivity contribution in [2.75, 3.05) is 47.0 Å². The smallest absolute Gasteiger partial charge is 0.257 e. The van der Waals surface area contributed by atoms with E-state index in [0.29, 0.717) is 22.5 Å². The Morgan fingerprint density at radius 2 is 1.64 bits per heavy atom. The second-order valence-corrected chi connectivity index (χ2v) is 12.0. The van der Waals surface area contributed by atoms with E-state index >= 15 is 0 Å². The third-order valence-electron chi connectivity index (χ3n) is 7.98. The Morgan fingerprint density at radius 3 is 2.28 bits per heavy atom. The number of pyridine rings is 1. The molecule has 1 aromatic heterocycles. The van der Waals surface area contributed by atoms with Gasteiger partial charge in [0, 0.05) is 61.4 Å². The van der Waals surface area contributed by atoms with Gasteiger partial charge in [0.2, 0.25) is 0 Å². The Labute approximate surface area is 217 Å². The predicted octanol–water partition coefficient (Wildman–Crippen LogP) is 6.68. The highest BCUT2D eigenvalue weighted by atomic mass is 32.2. The minimum atomic E-state index is -2.61. The van der Waals surface area contributed by atoms with E-state index in [0.717, 1.165) is 35.8 Å². The van der Waals surface area contributed by atoms with Gasteiger partial charge in [-0.15, -0.1) is 11.8 Å². The fraction of sp³-hybridized carbons (Fsp3) is 0.571. The first-order valence-corrected chi connectivity index (χ1v) is 14.1. The number of piperidine rings is 2. The molecule has 194 valence electrons. The van der Waals surface area contributed by atoms with Crippen LogP contribution >= 0.6 is 11.8 Å². The van der Waals surface area contributed by atoms with Gasteiger partial charge in [0.1, 0.15) is 5.82 Å². The lowest BCUT2D eigenvalue weighted by atomic mass is 9.92. The van der Waals surface area contributed by atoms with E-state index in [1.807, 2.05) is 35.7 Å². The number of nitrogens with one attached hydrogen (secondary N) is 1. The summed E-state index contributed by atoms with van der Waals surface area (Å²) in [6.45, 7) is 8.56. The molecule has 1 saturated carbocycles. The first-order chi connectivity index (χ1) is 17.2. The molecular weight excluding hydrogens is 478 g/mol. The molecular formula is C28H36F2N4OS. The molecule has 5 rings (SSSR count). The maximum Gasteiger partial charge on any atom is 0.257 e. The minimum absolute atomic E-state index is 0.144. The molecule has 3 aliphatic rings. The van der Waals surface area contributed by atoms with Gasteiger partial charge in [0.25, 0.3) is 11.8 Å². The topological polar surface area (TPSA) is 48.5 Å². The number of rotatable bonds is 6. The molecule has 3 heterocycles. The van der Waals surface area contributed by atoms with Crippen molar-refractivity contribution < 1.29 is 13.6 Å². The maximum absolute atomic E-state index is 13.6. The normalized spacial score (nSPS) is 20.5. The van der Waals surface area contributed by atoms with Crippen molar-refractivity contribution >= 4 is 34.9 Å². The van der Waals surface area contributed by atoms with Crippen LogP contribution in [0.3, 0.4) is 0 Å². The molecule has 1 aromatic carbocycles. The van der Waals surface area contributed by atoms with E-state index in [1.165, 1.54) is 30.6 Å². The lowest BCUT2D eigenvalue weighted by Gasteiger charge is -2.35. The summed E-state index contributed by atoms with van der Waals surface area (Å²) in [5.74, 6) is -1.13. The van der Waals surface area contributed by atoms with Gasteiger partial charge in [0.15, 0.2) is 0 Å². The standard InChI is InChI=1S/C28H36F2N4OS/c1-4-36-24-18-23(33-11-7-27(5-6-27)8-12-33)22(15-19(24)2)26(35)32-21-16-20(3)31-25(17-21)34-13-9-28(29,30)10-14-34/h15-18H,4-14H2,1-3H3,(H,31,32,35). The third-order valence-corrected chi connectivity index (χ3v) is 9.02. The molecule has 5 nitrogen and oxygen atoms in total. The summed E-state index contributed by atoms with van der Waals surface area (Å²) in [7, 11) is 0. The highest BCUT2D eigenvalue weighted by Crippen LogP contribution is 2.54. The molecule has 1 amide bonds. The monoisotopic (exact) mass is 514 g/mol. The molecule has 0 radical (unpaired) electrons. The van der Waals surface area contributed by atoms with Crippen LogP contribution in [0.5, 0.6) is 0 Å². The lowest BCUT2D eigenvalue weighted by molar-refractivity contribution is -0.0221. The Bertz CT molecular complexity index is 1130. The number of benzene rings is 1. The maximum atomic E-state index is 13.6. The molecule has 0 bridgehead atoms. The van der Waals surface area contributed by atoms with Crippen LogP contribution in [0.25, 0.3) is 0 Å².